The van der Waals surface area contributed by atoms with E-state index in [-0.39, 0.29) is 0 Å². The van der Waals surface area contributed by atoms with Gasteiger partial charge in [-0.15, -0.1) is 0 Å². The van der Waals surface area contributed by atoms with E-state index in [1.165, 1.54) is 25.8 Å². The Labute approximate surface area is 106 Å². The van der Waals surface area contributed by atoms with Crippen molar-refractivity contribution in [3.05, 3.63) is 0 Å². The van der Waals surface area contributed by atoms with Crippen molar-refractivity contribution in [2.75, 3.05) is 19.6 Å². The lowest BCUT2D eigenvalue weighted by molar-refractivity contribution is 0.166. The van der Waals surface area contributed by atoms with E-state index < -0.39 is 0 Å². The van der Waals surface area contributed by atoms with Crippen LogP contribution in [-0.4, -0.2) is 42.6 Å². The molecule has 2 atom stereocenters. The van der Waals surface area contributed by atoms with Crippen molar-refractivity contribution < 1.29 is 0 Å². The number of nitrogens with one attached hydrogen (secondary N) is 1. The van der Waals surface area contributed by atoms with Gasteiger partial charge in [-0.25, -0.2) is 0 Å². The van der Waals surface area contributed by atoms with Gasteiger partial charge in [-0.05, 0) is 39.7 Å². The van der Waals surface area contributed by atoms with Crippen LogP contribution < -0.4 is 11.1 Å². The second-order valence-corrected chi connectivity index (χ2v) is 5.10. The van der Waals surface area contributed by atoms with E-state index in [0.29, 0.717) is 18.0 Å². The molecule has 1 aliphatic rings. The number of nitrogens with two attached hydrogens (primary N) is 1. The van der Waals surface area contributed by atoms with E-state index in [9.17, 15) is 0 Å². The van der Waals surface area contributed by atoms with Crippen LogP contribution in [0.3, 0.4) is 0 Å². The predicted molar refractivity (Wildman–Crippen MR) is 74.3 cm³/mol. The average molecular weight is 240 g/mol. The van der Waals surface area contributed by atoms with Crippen molar-refractivity contribution in [1.82, 2.24) is 10.2 Å². The standard InChI is InChI=1S/C13H28N4/c1-4-11(2)16-13(14)15-8-10-17-9-6-5-7-12(17)3/h11-12H,4-10H2,1-3H3,(H3,14,15,16)/t11-,12-/m1/s1. The van der Waals surface area contributed by atoms with Gasteiger partial charge in [-0.1, -0.05) is 13.3 Å². The zero-order chi connectivity index (χ0) is 12.7. The predicted octanol–water partition coefficient (Wildman–Crippen LogP) is 1.56. The van der Waals surface area contributed by atoms with Gasteiger partial charge in [0.05, 0.1) is 6.54 Å². The van der Waals surface area contributed by atoms with Gasteiger partial charge in [0.2, 0.25) is 0 Å². The minimum atomic E-state index is 0.410. The monoisotopic (exact) mass is 240 g/mol. The van der Waals surface area contributed by atoms with E-state index in [0.717, 1.165) is 19.5 Å². The van der Waals surface area contributed by atoms with Gasteiger partial charge < -0.3 is 11.1 Å². The van der Waals surface area contributed by atoms with Crippen molar-refractivity contribution in [3.8, 4) is 0 Å². The Bertz CT molecular complexity index is 240. The molecular formula is C13H28N4. The number of rotatable bonds is 5. The zero-order valence-electron chi connectivity index (χ0n) is 11.6. The minimum absolute atomic E-state index is 0.410. The van der Waals surface area contributed by atoms with Crippen molar-refractivity contribution >= 4 is 5.96 Å². The van der Waals surface area contributed by atoms with E-state index in [1.807, 2.05) is 0 Å². The molecule has 0 radical (unpaired) electrons. The van der Waals surface area contributed by atoms with Gasteiger partial charge >= 0.3 is 0 Å². The zero-order valence-corrected chi connectivity index (χ0v) is 11.6. The number of likely N-dealkylation sites (tertiary alicyclic amines) is 1. The molecule has 1 rings (SSSR count). The fourth-order valence-electron chi connectivity index (χ4n) is 2.19. The van der Waals surface area contributed by atoms with Crippen LogP contribution in [0.1, 0.15) is 46.5 Å². The fourth-order valence-corrected chi connectivity index (χ4v) is 2.19. The third kappa shape index (κ3) is 5.39. The lowest BCUT2D eigenvalue weighted by atomic mass is 10.0. The normalized spacial score (nSPS) is 24.6. The Kier molecular flexibility index (Phi) is 6.34. The van der Waals surface area contributed by atoms with E-state index in [1.54, 1.807) is 0 Å². The molecule has 0 aliphatic carbocycles. The summed E-state index contributed by atoms with van der Waals surface area (Å²) in [7, 11) is 0. The maximum atomic E-state index is 5.82. The molecular weight excluding hydrogens is 212 g/mol. The van der Waals surface area contributed by atoms with Crippen molar-refractivity contribution in [2.24, 2.45) is 10.7 Å². The summed E-state index contributed by atoms with van der Waals surface area (Å²) in [6, 6.07) is 1.12. The van der Waals surface area contributed by atoms with Crippen LogP contribution in [0.5, 0.6) is 0 Å². The Morgan fingerprint density at radius 1 is 1.53 bits per heavy atom. The van der Waals surface area contributed by atoms with Gasteiger partial charge in [0.15, 0.2) is 5.96 Å². The number of piperidine rings is 1. The summed E-state index contributed by atoms with van der Waals surface area (Å²) < 4.78 is 0. The number of nitrogens with zero attached hydrogens (tertiary/aromatic N) is 2. The Balaban J connectivity index is 2.23. The summed E-state index contributed by atoms with van der Waals surface area (Å²) in [6.07, 6.45) is 5.09. The molecule has 1 saturated heterocycles. The summed E-state index contributed by atoms with van der Waals surface area (Å²) in [5.41, 5.74) is 5.82. The van der Waals surface area contributed by atoms with E-state index in [4.69, 9.17) is 5.73 Å². The molecule has 17 heavy (non-hydrogen) atoms. The van der Waals surface area contributed by atoms with Gasteiger partial charge in [-0.3, -0.25) is 9.89 Å². The van der Waals surface area contributed by atoms with Crippen LogP contribution in [0.15, 0.2) is 4.99 Å². The van der Waals surface area contributed by atoms with Crippen molar-refractivity contribution in [2.45, 2.75) is 58.5 Å². The maximum Gasteiger partial charge on any atom is 0.188 e. The molecule has 0 unspecified atom stereocenters. The molecule has 0 spiro atoms. The molecule has 0 aromatic heterocycles. The topological polar surface area (TPSA) is 53.6 Å². The van der Waals surface area contributed by atoms with Crippen LogP contribution in [0.4, 0.5) is 0 Å². The smallest absolute Gasteiger partial charge is 0.188 e. The molecule has 0 bridgehead atoms. The van der Waals surface area contributed by atoms with Crippen molar-refractivity contribution in [3.63, 3.8) is 0 Å². The van der Waals surface area contributed by atoms with Crippen LogP contribution in [0.25, 0.3) is 0 Å². The first-order chi connectivity index (χ1) is 8.13. The largest absolute Gasteiger partial charge is 0.370 e. The molecule has 1 aliphatic heterocycles. The lowest BCUT2D eigenvalue weighted by Crippen LogP contribution is -2.41. The first-order valence-electron chi connectivity index (χ1n) is 6.94. The number of hydrogen-bond donors (Lipinski definition) is 2. The van der Waals surface area contributed by atoms with Gasteiger partial charge in [-0.2, -0.15) is 0 Å². The molecule has 0 amide bonds. The summed E-state index contributed by atoms with van der Waals surface area (Å²) >= 11 is 0. The molecule has 0 aromatic carbocycles. The summed E-state index contributed by atoms with van der Waals surface area (Å²) in [4.78, 5) is 6.90. The number of aliphatic imine (C=N–C) groups is 1. The molecule has 1 heterocycles. The molecule has 0 aromatic rings. The summed E-state index contributed by atoms with van der Waals surface area (Å²) in [6.45, 7) is 9.62. The van der Waals surface area contributed by atoms with Crippen LogP contribution in [-0.2, 0) is 0 Å². The molecule has 0 saturated carbocycles. The Morgan fingerprint density at radius 2 is 2.29 bits per heavy atom. The Hall–Kier alpha value is -0.770. The summed E-state index contributed by atoms with van der Waals surface area (Å²) in [5.74, 6) is 0.587. The fraction of sp³-hybridized carbons (Fsp3) is 0.923. The highest BCUT2D eigenvalue weighted by Gasteiger charge is 2.16. The highest BCUT2D eigenvalue weighted by atomic mass is 15.2. The first kappa shape index (κ1) is 14.3. The molecule has 1 fully saturated rings. The second kappa shape index (κ2) is 7.54. The second-order valence-electron chi connectivity index (χ2n) is 5.10. The number of hydrogen-bond acceptors (Lipinski definition) is 2. The molecule has 4 heteroatoms. The number of guanidine groups is 1. The Morgan fingerprint density at radius 3 is 2.94 bits per heavy atom. The summed E-state index contributed by atoms with van der Waals surface area (Å²) in [5, 5.41) is 3.19. The third-order valence-corrected chi connectivity index (χ3v) is 3.62. The van der Waals surface area contributed by atoms with Crippen LogP contribution >= 0.6 is 0 Å². The molecule has 100 valence electrons. The van der Waals surface area contributed by atoms with E-state index >= 15 is 0 Å². The van der Waals surface area contributed by atoms with Gasteiger partial charge in [0.1, 0.15) is 0 Å². The van der Waals surface area contributed by atoms with E-state index in [2.05, 4.69) is 36.0 Å². The average Bonchev–Trinajstić information content (AvgIpc) is 2.31. The highest BCUT2D eigenvalue weighted by Crippen LogP contribution is 2.15. The lowest BCUT2D eigenvalue weighted by Gasteiger charge is -2.32. The van der Waals surface area contributed by atoms with Crippen molar-refractivity contribution in [1.29, 1.82) is 0 Å². The van der Waals surface area contributed by atoms with Crippen LogP contribution in [0.2, 0.25) is 0 Å². The minimum Gasteiger partial charge on any atom is -0.370 e. The van der Waals surface area contributed by atoms with Gasteiger partial charge in [0, 0.05) is 18.6 Å². The first-order valence-corrected chi connectivity index (χ1v) is 6.94. The maximum absolute atomic E-state index is 5.82. The molecule has 4 nitrogen and oxygen atoms in total. The van der Waals surface area contributed by atoms with Crippen LogP contribution in [0, 0.1) is 0 Å². The SMILES string of the molecule is CC[C@@H](C)NC(N)=NCCN1CCCC[C@H]1C. The third-order valence-electron chi connectivity index (χ3n) is 3.62. The molecule has 3 N–H and O–H groups in total. The quantitative estimate of drug-likeness (QED) is 0.566. The van der Waals surface area contributed by atoms with Gasteiger partial charge in [0.25, 0.3) is 0 Å². The highest BCUT2D eigenvalue weighted by molar-refractivity contribution is 5.78.